The van der Waals surface area contributed by atoms with Crippen LogP contribution in [0.15, 0.2) is 71.3 Å². The van der Waals surface area contributed by atoms with Crippen LogP contribution in [0.2, 0.25) is 0 Å². The standard InChI is InChI=1S/C23H19N5O2/c1-15-13-20(27-30-15)25-23(29)18-14-21(26-22(24-18)17-8-3-2-4-9-17)28-12-11-16-7-5-6-10-19(16)28/h2-10,13-14H,11-12H2,1H3,(H,25,27,29). The van der Waals surface area contributed by atoms with Crippen LogP contribution in [0.1, 0.15) is 21.8 Å². The van der Waals surface area contributed by atoms with Crippen LogP contribution in [0.25, 0.3) is 11.4 Å². The lowest BCUT2D eigenvalue weighted by Crippen LogP contribution is -2.19. The number of nitrogens with one attached hydrogen (secondary N) is 1. The fraction of sp³-hybridized carbons (Fsp3) is 0.130. The second-order valence-corrected chi connectivity index (χ2v) is 7.11. The zero-order valence-electron chi connectivity index (χ0n) is 16.4. The van der Waals surface area contributed by atoms with E-state index in [-0.39, 0.29) is 11.6 Å². The normalized spacial score (nSPS) is 12.6. The van der Waals surface area contributed by atoms with Crippen LogP contribution in [0.5, 0.6) is 0 Å². The van der Waals surface area contributed by atoms with Gasteiger partial charge in [0.2, 0.25) is 0 Å². The van der Waals surface area contributed by atoms with E-state index in [2.05, 4.69) is 32.5 Å². The highest BCUT2D eigenvalue weighted by Crippen LogP contribution is 2.34. The molecular weight excluding hydrogens is 378 g/mol. The molecule has 1 N–H and O–H groups in total. The van der Waals surface area contributed by atoms with Gasteiger partial charge in [0.15, 0.2) is 11.6 Å². The average Bonchev–Trinajstić information content (AvgIpc) is 3.40. The van der Waals surface area contributed by atoms with E-state index in [4.69, 9.17) is 9.51 Å². The van der Waals surface area contributed by atoms with Crippen molar-refractivity contribution >= 4 is 23.2 Å². The summed E-state index contributed by atoms with van der Waals surface area (Å²) in [5.74, 6) is 1.80. The van der Waals surface area contributed by atoms with Crippen LogP contribution in [-0.2, 0) is 6.42 Å². The molecule has 0 atom stereocenters. The number of nitrogens with zero attached hydrogens (tertiary/aromatic N) is 4. The molecule has 3 heterocycles. The number of hydrogen-bond acceptors (Lipinski definition) is 6. The van der Waals surface area contributed by atoms with Gasteiger partial charge in [0.1, 0.15) is 17.3 Å². The van der Waals surface area contributed by atoms with Crippen molar-refractivity contribution in [1.29, 1.82) is 0 Å². The number of anilines is 3. The Balaban J connectivity index is 1.57. The van der Waals surface area contributed by atoms with E-state index >= 15 is 0 Å². The number of fused-ring (bicyclic) bond motifs is 1. The molecule has 1 aliphatic heterocycles. The Morgan fingerprint density at radius 2 is 1.83 bits per heavy atom. The maximum Gasteiger partial charge on any atom is 0.275 e. The first-order valence-corrected chi connectivity index (χ1v) is 9.72. The van der Waals surface area contributed by atoms with Gasteiger partial charge in [-0.2, -0.15) is 0 Å². The van der Waals surface area contributed by atoms with Crippen molar-refractivity contribution in [2.45, 2.75) is 13.3 Å². The Kier molecular flexibility index (Phi) is 4.48. The summed E-state index contributed by atoms with van der Waals surface area (Å²) >= 11 is 0. The number of rotatable bonds is 4. The monoisotopic (exact) mass is 397 g/mol. The van der Waals surface area contributed by atoms with Crippen molar-refractivity contribution in [2.24, 2.45) is 0 Å². The predicted octanol–water partition coefficient (Wildman–Crippen LogP) is 4.39. The van der Waals surface area contributed by atoms with E-state index in [1.165, 1.54) is 5.56 Å². The van der Waals surface area contributed by atoms with Gasteiger partial charge in [0.05, 0.1) is 0 Å². The summed E-state index contributed by atoms with van der Waals surface area (Å²) in [5.41, 5.74) is 3.48. The molecular formula is C23H19N5O2. The molecule has 0 bridgehead atoms. The molecule has 1 amide bonds. The van der Waals surface area contributed by atoms with Gasteiger partial charge in [0.25, 0.3) is 5.91 Å². The number of carbonyl (C=O) groups excluding carboxylic acids is 1. The molecule has 0 fully saturated rings. The molecule has 4 aromatic rings. The molecule has 0 aliphatic carbocycles. The molecule has 148 valence electrons. The predicted molar refractivity (Wildman–Crippen MR) is 114 cm³/mol. The smallest absolute Gasteiger partial charge is 0.275 e. The zero-order valence-corrected chi connectivity index (χ0v) is 16.4. The number of hydrogen-bond donors (Lipinski definition) is 1. The van der Waals surface area contributed by atoms with Crippen molar-refractivity contribution in [3.8, 4) is 11.4 Å². The second kappa shape index (κ2) is 7.44. The highest BCUT2D eigenvalue weighted by atomic mass is 16.5. The summed E-state index contributed by atoms with van der Waals surface area (Å²) < 4.78 is 5.03. The third-order valence-corrected chi connectivity index (χ3v) is 5.01. The first kappa shape index (κ1) is 18.1. The Bertz CT molecular complexity index is 1220. The summed E-state index contributed by atoms with van der Waals surface area (Å²) in [6, 6.07) is 21.3. The molecule has 0 unspecified atom stereocenters. The van der Waals surface area contributed by atoms with E-state index in [0.29, 0.717) is 23.2 Å². The number of amides is 1. The molecule has 7 heteroatoms. The molecule has 0 saturated carbocycles. The Morgan fingerprint density at radius 1 is 1.03 bits per heavy atom. The highest BCUT2D eigenvalue weighted by Gasteiger charge is 2.23. The van der Waals surface area contributed by atoms with Crippen LogP contribution in [-0.4, -0.2) is 27.6 Å². The average molecular weight is 397 g/mol. The summed E-state index contributed by atoms with van der Waals surface area (Å²) in [6.45, 7) is 2.57. The summed E-state index contributed by atoms with van der Waals surface area (Å²) in [4.78, 5) is 24.3. The Hall–Kier alpha value is -4.00. The Labute approximate surface area is 173 Å². The topological polar surface area (TPSA) is 84.2 Å². The van der Waals surface area contributed by atoms with Crippen LogP contribution >= 0.6 is 0 Å². The molecule has 5 rings (SSSR count). The lowest BCUT2D eigenvalue weighted by Gasteiger charge is -2.19. The molecule has 1 aliphatic rings. The number of carbonyl (C=O) groups is 1. The molecule has 2 aromatic heterocycles. The fourth-order valence-electron chi connectivity index (χ4n) is 3.59. The fourth-order valence-corrected chi connectivity index (χ4v) is 3.59. The maximum absolute atomic E-state index is 12.9. The zero-order chi connectivity index (χ0) is 20.5. The highest BCUT2D eigenvalue weighted by molar-refractivity contribution is 6.03. The third kappa shape index (κ3) is 3.41. The molecule has 0 radical (unpaired) electrons. The largest absolute Gasteiger partial charge is 0.360 e. The van der Waals surface area contributed by atoms with Crippen molar-refractivity contribution in [3.63, 3.8) is 0 Å². The van der Waals surface area contributed by atoms with Gasteiger partial charge in [-0.1, -0.05) is 53.7 Å². The third-order valence-electron chi connectivity index (χ3n) is 5.01. The first-order chi connectivity index (χ1) is 14.7. The van der Waals surface area contributed by atoms with Gasteiger partial charge >= 0.3 is 0 Å². The molecule has 30 heavy (non-hydrogen) atoms. The van der Waals surface area contributed by atoms with Gasteiger partial charge < -0.3 is 14.7 Å². The van der Waals surface area contributed by atoms with Crippen LogP contribution in [0.4, 0.5) is 17.3 Å². The number of aromatic nitrogens is 3. The van der Waals surface area contributed by atoms with E-state index in [9.17, 15) is 4.79 Å². The van der Waals surface area contributed by atoms with E-state index in [1.807, 2.05) is 42.5 Å². The van der Waals surface area contributed by atoms with Crippen molar-refractivity contribution in [1.82, 2.24) is 15.1 Å². The van der Waals surface area contributed by atoms with Gasteiger partial charge in [-0.3, -0.25) is 4.79 Å². The summed E-state index contributed by atoms with van der Waals surface area (Å²) in [7, 11) is 0. The van der Waals surface area contributed by atoms with Gasteiger partial charge in [-0.15, -0.1) is 0 Å². The quantitative estimate of drug-likeness (QED) is 0.550. The number of benzene rings is 2. The minimum atomic E-state index is -0.364. The summed E-state index contributed by atoms with van der Waals surface area (Å²) in [6.07, 6.45) is 0.931. The molecule has 0 spiro atoms. The van der Waals surface area contributed by atoms with Gasteiger partial charge in [-0.25, -0.2) is 9.97 Å². The summed E-state index contributed by atoms with van der Waals surface area (Å²) in [5, 5.41) is 6.57. The minimum absolute atomic E-state index is 0.267. The van der Waals surface area contributed by atoms with E-state index in [0.717, 1.165) is 24.2 Å². The molecule has 0 saturated heterocycles. The number of aryl methyl sites for hydroxylation is 1. The van der Waals surface area contributed by atoms with Crippen LogP contribution < -0.4 is 10.2 Å². The first-order valence-electron chi connectivity index (χ1n) is 9.72. The van der Waals surface area contributed by atoms with Gasteiger partial charge in [-0.05, 0) is 25.0 Å². The Morgan fingerprint density at radius 3 is 2.63 bits per heavy atom. The van der Waals surface area contributed by atoms with Crippen LogP contribution in [0, 0.1) is 6.92 Å². The minimum Gasteiger partial charge on any atom is -0.360 e. The van der Waals surface area contributed by atoms with Crippen LogP contribution in [0.3, 0.4) is 0 Å². The second-order valence-electron chi connectivity index (χ2n) is 7.11. The molecule has 7 nitrogen and oxygen atoms in total. The van der Waals surface area contributed by atoms with Gasteiger partial charge in [0, 0.05) is 29.9 Å². The van der Waals surface area contributed by atoms with Crippen molar-refractivity contribution in [2.75, 3.05) is 16.8 Å². The maximum atomic E-state index is 12.9. The SMILES string of the molecule is Cc1cc(NC(=O)c2cc(N3CCc4ccccc43)nc(-c3ccccc3)n2)no1. The van der Waals surface area contributed by atoms with E-state index in [1.54, 1.807) is 19.1 Å². The van der Waals surface area contributed by atoms with Crippen molar-refractivity contribution in [3.05, 3.63) is 83.7 Å². The lowest BCUT2D eigenvalue weighted by molar-refractivity contribution is 0.102. The van der Waals surface area contributed by atoms with Crippen molar-refractivity contribution < 1.29 is 9.32 Å². The number of para-hydroxylation sites is 1. The molecule has 2 aromatic carbocycles. The van der Waals surface area contributed by atoms with E-state index < -0.39 is 0 Å². The lowest BCUT2D eigenvalue weighted by atomic mass is 10.2.